The number of alkyl halides is 3. The zero-order valence-electron chi connectivity index (χ0n) is 7.84. The van der Waals surface area contributed by atoms with Crippen LogP contribution in [0.15, 0.2) is 33.5 Å². The Bertz CT molecular complexity index is 601. The molecule has 0 unspecified atom stereocenters. The van der Waals surface area contributed by atoms with E-state index in [4.69, 9.17) is 5.73 Å². The number of halogens is 3. The number of rotatable bonds is 0. The third-order valence-electron chi connectivity index (χ3n) is 2.07. The second-order valence-corrected chi connectivity index (χ2v) is 3.23. The highest BCUT2D eigenvalue weighted by Gasteiger charge is 2.33. The van der Waals surface area contributed by atoms with E-state index in [1.165, 1.54) is 6.07 Å². The van der Waals surface area contributed by atoms with Crippen LogP contribution >= 0.6 is 0 Å². The maximum atomic E-state index is 12.6. The number of nitrogens with two attached hydrogens (primary N) is 1. The van der Waals surface area contributed by atoms with Crippen LogP contribution in [0.1, 0.15) is 5.56 Å². The van der Waals surface area contributed by atoms with E-state index in [-0.39, 0.29) is 16.7 Å². The lowest BCUT2D eigenvalue weighted by molar-refractivity contribution is -0.136. The molecule has 1 heterocycles. The molecule has 1 aromatic heterocycles. The van der Waals surface area contributed by atoms with E-state index in [2.05, 4.69) is 4.42 Å². The molecule has 0 saturated heterocycles. The molecule has 0 aliphatic heterocycles. The fourth-order valence-electron chi connectivity index (χ4n) is 1.43. The van der Waals surface area contributed by atoms with Crippen molar-refractivity contribution in [1.82, 2.24) is 0 Å². The van der Waals surface area contributed by atoms with Crippen molar-refractivity contribution in [2.75, 3.05) is 5.73 Å². The highest BCUT2D eigenvalue weighted by molar-refractivity contribution is 5.84. The molecule has 0 spiro atoms. The predicted octanol–water partition coefficient (Wildman–Crippen LogP) is 2.39. The third kappa shape index (κ3) is 1.73. The molecular formula is C10H6F3NO2. The highest BCUT2D eigenvalue weighted by Crippen LogP contribution is 2.35. The zero-order chi connectivity index (χ0) is 11.9. The molecule has 2 rings (SSSR count). The second-order valence-electron chi connectivity index (χ2n) is 3.23. The molecule has 0 fully saturated rings. The smallest absolute Gasteiger partial charge is 0.417 e. The largest absolute Gasteiger partial charge is 0.423 e. The minimum Gasteiger partial charge on any atom is -0.423 e. The Labute approximate surface area is 87.3 Å². The first kappa shape index (κ1) is 10.5. The highest BCUT2D eigenvalue weighted by atomic mass is 19.4. The first-order valence-electron chi connectivity index (χ1n) is 4.28. The summed E-state index contributed by atoms with van der Waals surface area (Å²) in [6.07, 6.45) is -4.53. The Morgan fingerprint density at radius 3 is 2.50 bits per heavy atom. The number of anilines is 1. The van der Waals surface area contributed by atoms with Gasteiger partial charge in [0.2, 0.25) is 0 Å². The summed E-state index contributed by atoms with van der Waals surface area (Å²) in [5, 5.41) is -0.179. The van der Waals surface area contributed by atoms with Gasteiger partial charge in [-0.1, -0.05) is 0 Å². The first-order chi connectivity index (χ1) is 7.38. The van der Waals surface area contributed by atoms with Crippen molar-refractivity contribution >= 4 is 16.7 Å². The molecule has 2 N–H and O–H groups in total. The second kappa shape index (κ2) is 3.26. The van der Waals surface area contributed by atoms with Crippen molar-refractivity contribution in [3.8, 4) is 0 Å². The quantitative estimate of drug-likeness (QED) is 0.557. The van der Waals surface area contributed by atoms with Gasteiger partial charge in [-0.3, -0.25) is 0 Å². The fourth-order valence-corrected chi connectivity index (χ4v) is 1.43. The molecule has 0 aliphatic rings. The van der Waals surface area contributed by atoms with Gasteiger partial charge in [-0.15, -0.1) is 0 Å². The number of benzene rings is 1. The van der Waals surface area contributed by atoms with E-state index in [0.717, 1.165) is 18.2 Å². The number of nitrogen functional groups attached to an aromatic ring is 1. The van der Waals surface area contributed by atoms with E-state index in [1.807, 2.05) is 0 Å². The van der Waals surface area contributed by atoms with Crippen LogP contribution in [0.5, 0.6) is 0 Å². The van der Waals surface area contributed by atoms with Gasteiger partial charge in [0.15, 0.2) is 0 Å². The molecule has 0 bridgehead atoms. The normalized spacial score (nSPS) is 11.9. The average molecular weight is 229 g/mol. The van der Waals surface area contributed by atoms with Crippen molar-refractivity contribution in [1.29, 1.82) is 0 Å². The standard InChI is InChI=1S/C10H6F3NO2/c11-10(12,13)7-3-5(14)4-8-6(7)1-2-9(15)16-8/h1-4H,14H2. The average Bonchev–Trinajstić information content (AvgIpc) is 2.14. The van der Waals surface area contributed by atoms with Crippen LogP contribution in [0.3, 0.4) is 0 Å². The van der Waals surface area contributed by atoms with Crippen LogP contribution in [0.2, 0.25) is 0 Å². The summed E-state index contributed by atoms with van der Waals surface area (Å²) in [7, 11) is 0. The van der Waals surface area contributed by atoms with Crippen molar-refractivity contribution in [3.05, 3.63) is 40.2 Å². The van der Waals surface area contributed by atoms with Gasteiger partial charge in [0, 0.05) is 23.2 Å². The van der Waals surface area contributed by atoms with Crippen LogP contribution in [-0.4, -0.2) is 0 Å². The molecule has 3 nitrogen and oxygen atoms in total. The van der Waals surface area contributed by atoms with E-state index in [9.17, 15) is 18.0 Å². The van der Waals surface area contributed by atoms with Crippen LogP contribution in [-0.2, 0) is 6.18 Å². The molecule has 0 saturated carbocycles. The molecule has 6 heteroatoms. The van der Waals surface area contributed by atoms with Gasteiger partial charge in [-0.2, -0.15) is 13.2 Å². The Morgan fingerprint density at radius 1 is 1.19 bits per heavy atom. The van der Waals surface area contributed by atoms with Crippen molar-refractivity contribution in [2.45, 2.75) is 6.18 Å². The van der Waals surface area contributed by atoms with Gasteiger partial charge in [0.1, 0.15) is 5.58 Å². The Balaban J connectivity index is 2.89. The molecule has 0 aliphatic carbocycles. The lowest BCUT2D eigenvalue weighted by Crippen LogP contribution is -2.08. The molecule has 84 valence electrons. The van der Waals surface area contributed by atoms with E-state index >= 15 is 0 Å². The first-order valence-corrected chi connectivity index (χ1v) is 4.28. The summed E-state index contributed by atoms with van der Waals surface area (Å²) in [5.41, 5.74) is 3.41. The Hall–Kier alpha value is -1.98. The van der Waals surface area contributed by atoms with E-state index in [1.54, 1.807) is 0 Å². The molecule has 2 aromatic rings. The fraction of sp³-hybridized carbons (Fsp3) is 0.100. The van der Waals surface area contributed by atoms with Crippen molar-refractivity contribution < 1.29 is 17.6 Å². The van der Waals surface area contributed by atoms with Crippen LogP contribution in [0, 0.1) is 0 Å². The van der Waals surface area contributed by atoms with Crippen LogP contribution < -0.4 is 11.4 Å². The van der Waals surface area contributed by atoms with Crippen LogP contribution in [0.25, 0.3) is 11.0 Å². The van der Waals surface area contributed by atoms with Gasteiger partial charge in [0.05, 0.1) is 5.56 Å². The minimum atomic E-state index is -4.53. The number of hydrogen-bond donors (Lipinski definition) is 1. The molecule has 0 amide bonds. The van der Waals surface area contributed by atoms with E-state index < -0.39 is 17.4 Å². The molecular weight excluding hydrogens is 223 g/mol. The molecule has 0 atom stereocenters. The summed E-state index contributed by atoms with van der Waals surface area (Å²) in [5.74, 6) is 0. The Morgan fingerprint density at radius 2 is 1.88 bits per heavy atom. The molecule has 0 radical (unpaired) electrons. The molecule has 1 aromatic carbocycles. The van der Waals surface area contributed by atoms with Gasteiger partial charge < -0.3 is 10.2 Å². The predicted molar refractivity (Wildman–Crippen MR) is 51.9 cm³/mol. The van der Waals surface area contributed by atoms with Gasteiger partial charge in [-0.05, 0) is 12.1 Å². The van der Waals surface area contributed by atoms with Crippen molar-refractivity contribution in [2.24, 2.45) is 0 Å². The summed E-state index contributed by atoms with van der Waals surface area (Å²) in [6, 6.07) is 4.01. The van der Waals surface area contributed by atoms with Crippen LogP contribution in [0.4, 0.5) is 18.9 Å². The van der Waals surface area contributed by atoms with Crippen molar-refractivity contribution in [3.63, 3.8) is 0 Å². The minimum absolute atomic E-state index is 0.103. The van der Waals surface area contributed by atoms with Gasteiger partial charge in [-0.25, -0.2) is 4.79 Å². The maximum Gasteiger partial charge on any atom is 0.417 e. The lowest BCUT2D eigenvalue weighted by Gasteiger charge is -2.10. The number of hydrogen-bond acceptors (Lipinski definition) is 3. The van der Waals surface area contributed by atoms with Gasteiger partial charge in [0.25, 0.3) is 0 Å². The summed E-state index contributed by atoms with van der Waals surface area (Å²) >= 11 is 0. The SMILES string of the molecule is Nc1cc(C(F)(F)F)c2ccc(=O)oc2c1. The maximum absolute atomic E-state index is 12.6. The zero-order valence-corrected chi connectivity index (χ0v) is 7.84. The third-order valence-corrected chi connectivity index (χ3v) is 2.07. The topological polar surface area (TPSA) is 56.2 Å². The van der Waals surface area contributed by atoms with Gasteiger partial charge >= 0.3 is 11.8 Å². The van der Waals surface area contributed by atoms with E-state index in [0.29, 0.717) is 0 Å². The number of fused-ring (bicyclic) bond motifs is 1. The Kier molecular flexibility index (Phi) is 2.15. The monoisotopic (exact) mass is 229 g/mol. The summed E-state index contributed by atoms with van der Waals surface area (Å²) in [4.78, 5) is 10.9. The summed E-state index contributed by atoms with van der Waals surface area (Å²) < 4.78 is 42.5. The lowest BCUT2D eigenvalue weighted by atomic mass is 10.1. The summed E-state index contributed by atoms with van der Waals surface area (Å²) in [6.45, 7) is 0. The molecule has 16 heavy (non-hydrogen) atoms.